The number of aliphatic hydroxyl groups excluding tert-OH is 2. The largest absolute Gasteiger partial charge is 0.494 e. The predicted octanol–water partition coefficient (Wildman–Crippen LogP) is 3.88. The smallest absolute Gasteiger partial charge is 0.126 e. The molecule has 2 N–H and O–H groups in total. The zero-order valence-corrected chi connectivity index (χ0v) is 17.9. The highest BCUT2D eigenvalue weighted by Gasteiger charge is 2.32. The monoisotopic (exact) mass is 412 g/mol. The molecule has 2 heterocycles. The summed E-state index contributed by atoms with van der Waals surface area (Å²) in [5.74, 6) is 1.86. The molecule has 162 valence electrons. The Balaban J connectivity index is 1.68. The van der Waals surface area contributed by atoms with Gasteiger partial charge in [0, 0.05) is 12.8 Å². The Morgan fingerprint density at radius 1 is 1.17 bits per heavy atom. The summed E-state index contributed by atoms with van der Waals surface area (Å²) < 4.78 is 17.8. The molecule has 5 heteroatoms. The van der Waals surface area contributed by atoms with Crippen LogP contribution in [0.3, 0.4) is 0 Å². The summed E-state index contributed by atoms with van der Waals surface area (Å²) in [5.41, 5.74) is 5.91. The topological polar surface area (TPSA) is 68.2 Å². The number of aliphatic hydroxyl groups is 2. The van der Waals surface area contributed by atoms with Crippen LogP contribution in [0.1, 0.15) is 60.1 Å². The van der Waals surface area contributed by atoms with E-state index >= 15 is 0 Å². The molecule has 0 amide bonds. The quantitative estimate of drug-likeness (QED) is 0.754. The number of ether oxygens (including phenoxy) is 3. The summed E-state index contributed by atoms with van der Waals surface area (Å²) in [6.07, 6.45) is 2.83. The fraction of sp³-hybridized carbons (Fsp3) is 0.520. The van der Waals surface area contributed by atoms with E-state index in [0.717, 1.165) is 48.5 Å². The predicted molar refractivity (Wildman–Crippen MR) is 115 cm³/mol. The normalized spacial score (nSPS) is 23.5. The summed E-state index contributed by atoms with van der Waals surface area (Å²) >= 11 is 0. The molecule has 0 aliphatic carbocycles. The number of rotatable bonds is 6. The van der Waals surface area contributed by atoms with E-state index in [-0.39, 0.29) is 18.8 Å². The Hall–Kier alpha value is -2.08. The van der Waals surface area contributed by atoms with E-state index in [9.17, 15) is 10.2 Å². The number of fused-ring (bicyclic) bond motifs is 1. The van der Waals surface area contributed by atoms with Crippen LogP contribution >= 0.6 is 0 Å². The standard InChI is InChI=1S/C25H32O5/c1-3-28-20-8-6-17(7-9-20)11-18-12-23(16(2)25-22(18)5-4-10-29-25)24-14-19(27)13-21(15-26)30-24/h6-9,12,19,21,24,26-27H,3-5,10-11,13-15H2,1-2H3/t19-,21-,24+/m0/s1. The fourth-order valence-electron chi connectivity index (χ4n) is 4.67. The minimum absolute atomic E-state index is 0.0763. The van der Waals surface area contributed by atoms with Crippen molar-refractivity contribution in [2.45, 2.75) is 64.3 Å². The van der Waals surface area contributed by atoms with Gasteiger partial charge in [-0.1, -0.05) is 18.2 Å². The van der Waals surface area contributed by atoms with Crippen LogP contribution in [0.2, 0.25) is 0 Å². The summed E-state index contributed by atoms with van der Waals surface area (Å²) in [6.45, 7) is 5.38. The Labute approximate surface area is 178 Å². The number of hydrogen-bond donors (Lipinski definition) is 2. The first-order chi connectivity index (χ1) is 14.6. The van der Waals surface area contributed by atoms with Gasteiger partial charge < -0.3 is 24.4 Å². The Bertz CT molecular complexity index is 861. The van der Waals surface area contributed by atoms with E-state index in [1.165, 1.54) is 16.7 Å². The van der Waals surface area contributed by atoms with Gasteiger partial charge in [-0.15, -0.1) is 0 Å². The SMILES string of the molecule is CCOc1ccc(Cc2cc([C@H]3C[C@@H](O)C[C@@H](CO)O3)c(C)c3c2CCCO3)cc1. The highest BCUT2D eigenvalue weighted by atomic mass is 16.5. The summed E-state index contributed by atoms with van der Waals surface area (Å²) in [5, 5.41) is 19.9. The maximum atomic E-state index is 10.3. The lowest BCUT2D eigenvalue weighted by atomic mass is 9.86. The highest BCUT2D eigenvalue weighted by Crippen LogP contribution is 2.41. The van der Waals surface area contributed by atoms with E-state index in [4.69, 9.17) is 14.2 Å². The van der Waals surface area contributed by atoms with Gasteiger partial charge in [-0.3, -0.25) is 0 Å². The molecule has 3 atom stereocenters. The van der Waals surface area contributed by atoms with Crippen molar-refractivity contribution in [3.8, 4) is 11.5 Å². The molecule has 0 bridgehead atoms. The molecule has 2 aliphatic rings. The molecule has 0 unspecified atom stereocenters. The first-order valence-electron chi connectivity index (χ1n) is 11.0. The molecule has 0 aromatic heterocycles. The van der Waals surface area contributed by atoms with E-state index in [1.807, 2.05) is 19.1 Å². The second kappa shape index (κ2) is 9.38. The number of benzene rings is 2. The molecule has 30 heavy (non-hydrogen) atoms. The van der Waals surface area contributed by atoms with Crippen molar-refractivity contribution in [1.29, 1.82) is 0 Å². The molecule has 0 radical (unpaired) electrons. The third-order valence-corrected chi connectivity index (χ3v) is 6.14. The van der Waals surface area contributed by atoms with Gasteiger partial charge in [0.05, 0.1) is 38.1 Å². The lowest BCUT2D eigenvalue weighted by Crippen LogP contribution is -2.34. The minimum Gasteiger partial charge on any atom is -0.494 e. The summed E-state index contributed by atoms with van der Waals surface area (Å²) in [7, 11) is 0. The third kappa shape index (κ3) is 4.48. The van der Waals surface area contributed by atoms with Crippen LogP contribution in [0, 0.1) is 6.92 Å². The molecule has 2 aliphatic heterocycles. The maximum absolute atomic E-state index is 10.3. The average molecular weight is 413 g/mol. The van der Waals surface area contributed by atoms with Crippen LogP contribution < -0.4 is 9.47 Å². The van der Waals surface area contributed by atoms with Crippen LogP contribution in [0.25, 0.3) is 0 Å². The summed E-state index contributed by atoms with van der Waals surface area (Å²) in [6, 6.07) is 10.5. The first kappa shape index (κ1) is 21.2. The van der Waals surface area contributed by atoms with E-state index in [0.29, 0.717) is 19.4 Å². The van der Waals surface area contributed by atoms with Crippen LogP contribution in [-0.4, -0.2) is 42.2 Å². The van der Waals surface area contributed by atoms with Gasteiger partial charge in [-0.25, -0.2) is 0 Å². The van der Waals surface area contributed by atoms with Crippen LogP contribution in [0.4, 0.5) is 0 Å². The Kier molecular flexibility index (Phi) is 6.61. The van der Waals surface area contributed by atoms with Crippen LogP contribution in [0.5, 0.6) is 11.5 Å². The molecule has 2 aromatic rings. The average Bonchev–Trinajstić information content (AvgIpc) is 2.76. The fourth-order valence-corrected chi connectivity index (χ4v) is 4.67. The van der Waals surface area contributed by atoms with Crippen molar-refractivity contribution in [2.24, 2.45) is 0 Å². The van der Waals surface area contributed by atoms with Gasteiger partial charge in [0.2, 0.25) is 0 Å². The molecular weight excluding hydrogens is 380 g/mol. The maximum Gasteiger partial charge on any atom is 0.126 e. The molecule has 5 nitrogen and oxygen atoms in total. The lowest BCUT2D eigenvalue weighted by molar-refractivity contribution is -0.114. The van der Waals surface area contributed by atoms with Gasteiger partial charge in [0.25, 0.3) is 0 Å². The molecule has 0 spiro atoms. The minimum atomic E-state index is -0.466. The molecular formula is C25H32O5. The van der Waals surface area contributed by atoms with Crippen molar-refractivity contribution in [2.75, 3.05) is 19.8 Å². The molecule has 4 rings (SSSR count). The van der Waals surface area contributed by atoms with Crippen molar-refractivity contribution in [3.63, 3.8) is 0 Å². The van der Waals surface area contributed by atoms with E-state index in [2.05, 4.69) is 25.1 Å². The zero-order valence-electron chi connectivity index (χ0n) is 17.9. The van der Waals surface area contributed by atoms with Gasteiger partial charge >= 0.3 is 0 Å². The van der Waals surface area contributed by atoms with E-state index < -0.39 is 6.10 Å². The molecule has 1 fully saturated rings. The van der Waals surface area contributed by atoms with E-state index in [1.54, 1.807) is 0 Å². The second-order valence-electron chi connectivity index (χ2n) is 8.32. The molecule has 1 saturated heterocycles. The van der Waals surface area contributed by atoms with Crippen LogP contribution in [0.15, 0.2) is 30.3 Å². The molecule has 0 saturated carbocycles. The van der Waals surface area contributed by atoms with Gasteiger partial charge in [-0.05, 0) is 73.1 Å². The van der Waals surface area contributed by atoms with Gasteiger partial charge in [0.15, 0.2) is 0 Å². The summed E-state index contributed by atoms with van der Waals surface area (Å²) in [4.78, 5) is 0. The lowest BCUT2D eigenvalue weighted by Gasteiger charge is -2.35. The third-order valence-electron chi connectivity index (χ3n) is 6.14. The van der Waals surface area contributed by atoms with Gasteiger partial charge in [-0.2, -0.15) is 0 Å². The molecule has 2 aromatic carbocycles. The second-order valence-corrected chi connectivity index (χ2v) is 8.32. The zero-order chi connectivity index (χ0) is 21.1. The van der Waals surface area contributed by atoms with Crippen LogP contribution in [-0.2, 0) is 17.6 Å². The number of hydrogen-bond acceptors (Lipinski definition) is 5. The van der Waals surface area contributed by atoms with Crippen molar-refractivity contribution in [3.05, 3.63) is 58.1 Å². The first-order valence-corrected chi connectivity index (χ1v) is 11.0. The van der Waals surface area contributed by atoms with Crippen molar-refractivity contribution < 1.29 is 24.4 Å². The van der Waals surface area contributed by atoms with Crippen molar-refractivity contribution in [1.82, 2.24) is 0 Å². The Morgan fingerprint density at radius 3 is 2.70 bits per heavy atom. The Morgan fingerprint density at radius 2 is 1.97 bits per heavy atom. The highest BCUT2D eigenvalue weighted by molar-refractivity contribution is 5.53. The van der Waals surface area contributed by atoms with Gasteiger partial charge in [0.1, 0.15) is 11.5 Å². The van der Waals surface area contributed by atoms with Crippen molar-refractivity contribution >= 4 is 0 Å².